The summed E-state index contributed by atoms with van der Waals surface area (Å²) in [4.78, 5) is 15.1. The molecule has 0 spiro atoms. The van der Waals surface area contributed by atoms with Crippen molar-refractivity contribution < 1.29 is 9.18 Å². The van der Waals surface area contributed by atoms with Crippen LogP contribution in [0.1, 0.15) is 31.1 Å². The standard InChI is InChI=1S/C22H21ClFN3O/c1-14(2)21-20-8-5-11-26(20)19-7-4-3-6-15(19)13-27(21)22(28)25-16-9-10-18(24)17(23)12-16/h3-12,14,21H,13H2,1-2H3,(H,25,28)/t21-/m0/s1. The molecule has 144 valence electrons. The molecule has 1 N–H and O–H groups in total. The molecule has 1 atom stereocenters. The first-order chi connectivity index (χ1) is 13.5. The van der Waals surface area contributed by atoms with Gasteiger partial charge in [0.1, 0.15) is 5.82 Å². The number of carbonyl (C=O) groups is 1. The molecule has 6 heteroatoms. The Morgan fingerprint density at radius 1 is 1.18 bits per heavy atom. The van der Waals surface area contributed by atoms with Crippen molar-refractivity contribution in [2.75, 3.05) is 5.32 Å². The molecule has 3 aromatic rings. The van der Waals surface area contributed by atoms with Crippen molar-refractivity contribution in [1.29, 1.82) is 0 Å². The average molecular weight is 398 g/mol. The van der Waals surface area contributed by atoms with Gasteiger partial charge in [-0.1, -0.05) is 43.6 Å². The van der Waals surface area contributed by atoms with Crippen molar-refractivity contribution in [2.45, 2.75) is 26.4 Å². The molecule has 0 saturated heterocycles. The summed E-state index contributed by atoms with van der Waals surface area (Å²) < 4.78 is 15.6. The number of nitrogens with zero attached hydrogens (tertiary/aromatic N) is 2. The fraction of sp³-hybridized carbons (Fsp3) is 0.227. The molecular formula is C22H21ClFN3O. The first kappa shape index (κ1) is 18.6. The summed E-state index contributed by atoms with van der Waals surface area (Å²) in [6, 6.07) is 16.0. The highest BCUT2D eigenvalue weighted by Crippen LogP contribution is 2.37. The van der Waals surface area contributed by atoms with Crippen molar-refractivity contribution in [3.8, 4) is 5.69 Å². The van der Waals surface area contributed by atoms with E-state index in [-0.39, 0.29) is 23.0 Å². The van der Waals surface area contributed by atoms with Crippen LogP contribution >= 0.6 is 11.6 Å². The fourth-order valence-electron chi connectivity index (χ4n) is 3.84. The SMILES string of the molecule is CC(C)[C@H]1c2cccn2-c2ccccc2CN1C(=O)Nc1ccc(F)c(Cl)c1. The summed E-state index contributed by atoms with van der Waals surface area (Å²) in [5.74, 6) is -0.313. The topological polar surface area (TPSA) is 37.3 Å². The van der Waals surface area contributed by atoms with E-state index in [4.69, 9.17) is 11.6 Å². The molecule has 0 bridgehead atoms. The third-order valence-corrected chi connectivity index (χ3v) is 5.36. The number of fused-ring (bicyclic) bond motifs is 3. The molecule has 2 heterocycles. The Labute approximate surface area is 168 Å². The van der Waals surface area contributed by atoms with Crippen molar-refractivity contribution in [2.24, 2.45) is 5.92 Å². The number of carbonyl (C=O) groups excluding carboxylic acids is 1. The highest BCUT2D eigenvalue weighted by molar-refractivity contribution is 6.31. The fourth-order valence-corrected chi connectivity index (χ4v) is 4.02. The minimum Gasteiger partial charge on any atom is -0.318 e. The zero-order chi connectivity index (χ0) is 19.8. The maximum Gasteiger partial charge on any atom is 0.322 e. The van der Waals surface area contributed by atoms with Crippen LogP contribution in [0.3, 0.4) is 0 Å². The quantitative estimate of drug-likeness (QED) is 0.564. The van der Waals surface area contributed by atoms with Gasteiger partial charge in [0, 0.05) is 17.6 Å². The minimum absolute atomic E-state index is 0.0201. The van der Waals surface area contributed by atoms with Crippen LogP contribution in [0.15, 0.2) is 60.8 Å². The van der Waals surface area contributed by atoms with Crippen LogP contribution in [-0.4, -0.2) is 15.5 Å². The number of aromatic nitrogens is 1. The Kier molecular flexibility index (Phi) is 4.85. The third kappa shape index (κ3) is 3.27. The number of anilines is 1. The van der Waals surface area contributed by atoms with Crippen LogP contribution in [0.5, 0.6) is 0 Å². The first-order valence-electron chi connectivity index (χ1n) is 9.24. The van der Waals surface area contributed by atoms with Crippen molar-refractivity contribution in [3.05, 3.63) is 82.9 Å². The van der Waals surface area contributed by atoms with E-state index < -0.39 is 5.82 Å². The highest BCUT2D eigenvalue weighted by Gasteiger charge is 2.33. The molecule has 1 aliphatic rings. The largest absolute Gasteiger partial charge is 0.322 e. The third-order valence-electron chi connectivity index (χ3n) is 5.07. The van der Waals surface area contributed by atoms with E-state index in [1.54, 1.807) is 0 Å². The number of nitrogens with one attached hydrogen (secondary N) is 1. The second kappa shape index (κ2) is 7.32. The van der Waals surface area contributed by atoms with Crippen molar-refractivity contribution >= 4 is 23.3 Å². The highest BCUT2D eigenvalue weighted by atomic mass is 35.5. The van der Waals surface area contributed by atoms with Crippen LogP contribution < -0.4 is 5.32 Å². The van der Waals surface area contributed by atoms with Gasteiger partial charge in [-0.2, -0.15) is 0 Å². The number of para-hydroxylation sites is 1. The summed E-state index contributed by atoms with van der Waals surface area (Å²) in [6.07, 6.45) is 2.03. The van der Waals surface area contributed by atoms with E-state index >= 15 is 0 Å². The predicted octanol–water partition coefficient (Wildman–Crippen LogP) is 6.01. The van der Waals surface area contributed by atoms with Crippen LogP contribution in [0, 0.1) is 11.7 Å². The Hall–Kier alpha value is -2.79. The van der Waals surface area contributed by atoms with Gasteiger partial charge in [-0.15, -0.1) is 0 Å². The van der Waals surface area contributed by atoms with Gasteiger partial charge in [-0.25, -0.2) is 9.18 Å². The lowest BCUT2D eigenvalue weighted by Crippen LogP contribution is -2.39. The molecule has 28 heavy (non-hydrogen) atoms. The zero-order valence-corrected chi connectivity index (χ0v) is 16.4. The summed E-state index contributed by atoms with van der Waals surface area (Å²) in [5.41, 5.74) is 3.67. The van der Waals surface area contributed by atoms with Crippen LogP contribution in [0.25, 0.3) is 5.69 Å². The van der Waals surface area contributed by atoms with E-state index in [0.29, 0.717) is 12.2 Å². The normalized spacial score (nSPS) is 15.8. The Morgan fingerprint density at radius 3 is 2.71 bits per heavy atom. The molecule has 0 aliphatic carbocycles. The monoisotopic (exact) mass is 397 g/mol. The maximum atomic E-state index is 13.4. The molecule has 0 fully saturated rings. The summed E-state index contributed by atoms with van der Waals surface area (Å²) in [5, 5.41) is 2.85. The first-order valence-corrected chi connectivity index (χ1v) is 9.61. The van der Waals surface area contributed by atoms with Gasteiger partial charge in [0.2, 0.25) is 0 Å². The number of hydrogen-bond acceptors (Lipinski definition) is 1. The predicted molar refractivity (Wildman–Crippen MR) is 109 cm³/mol. The molecule has 0 radical (unpaired) electrons. The van der Waals surface area contributed by atoms with E-state index in [9.17, 15) is 9.18 Å². The van der Waals surface area contributed by atoms with Gasteiger partial charge in [0.15, 0.2) is 0 Å². The van der Waals surface area contributed by atoms with Crippen LogP contribution in [0.4, 0.5) is 14.9 Å². The Bertz CT molecular complexity index is 1030. The Balaban J connectivity index is 1.74. The molecule has 4 nitrogen and oxygen atoms in total. The van der Waals surface area contributed by atoms with Gasteiger partial charge in [0.05, 0.1) is 23.3 Å². The molecule has 0 unspecified atom stereocenters. The zero-order valence-electron chi connectivity index (χ0n) is 15.7. The molecule has 4 rings (SSSR count). The number of benzene rings is 2. The van der Waals surface area contributed by atoms with E-state index in [0.717, 1.165) is 16.9 Å². The lowest BCUT2D eigenvalue weighted by molar-refractivity contribution is 0.162. The van der Waals surface area contributed by atoms with Gasteiger partial charge >= 0.3 is 6.03 Å². The number of hydrogen-bond donors (Lipinski definition) is 1. The van der Waals surface area contributed by atoms with Gasteiger partial charge in [-0.05, 0) is 47.9 Å². The van der Waals surface area contributed by atoms with E-state index in [1.165, 1.54) is 18.2 Å². The van der Waals surface area contributed by atoms with Gasteiger partial charge in [-0.3, -0.25) is 0 Å². The number of amides is 2. The number of halogens is 2. The smallest absolute Gasteiger partial charge is 0.318 e. The van der Waals surface area contributed by atoms with Gasteiger partial charge in [0.25, 0.3) is 0 Å². The van der Waals surface area contributed by atoms with E-state index in [1.807, 2.05) is 35.4 Å². The lowest BCUT2D eigenvalue weighted by Gasteiger charge is -2.33. The Morgan fingerprint density at radius 2 is 1.96 bits per heavy atom. The number of urea groups is 1. The molecular weight excluding hydrogens is 377 g/mol. The lowest BCUT2D eigenvalue weighted by atomic mass is 9.99. The molecule has 0 saturated carbocycles. The minimum atomic E-state index is -0.513. The summed E-state index contributed by atoms with van der Waals surface area (Å²) in [6.45, 7) is 4.68. The molecule has 1 aliphatic heterocycles. The molecule has 2 amide bonds. The molecule has 1 aromatic heterocycles. The average Bonchev–Trinajstić information content (AvgIpc) is 3.08. The van der Waals surface area contributed by atoms with E-state index in [2.05, 4.69) is 35.9 Å². The van der Waals surface area contributed by atoms with Crippen molar-refractivity contribution in [3.63, 3.8) is 0 Å². The van der Waals surface area contributed by atoms with Gasteiger partial charge < -0.3 is 14.8 Å². The van der Waals surface area contributed by atoms with Crippen LogP contribution in [-0.2, 0) is 6.54 Å². The van der Waals surface area contributed by atoms with Crippen LogP contribution in [0.2, 0.25) is 5.02 Å². The second-order valence-electron chi connectivity index (χ2n) is 7.31. The second-order valence-corrected chi connectivity index (χ2v) is 7.71. The van der Waals surface area contributed by atoms with Crippen molar-refractivity contribution in [1.82, 2.24) is 9.47 Å². The number of rotatable bonds is 2. The summed E-state index contributed by atoms with van der Waals surface area (Å²) in [7, 11) is 0. The molecule has 2 aromatic carbocycles. The summed E-state index contributed by atoms with van der Waals surface area (Å²) >= 11 is 5.86. The maximum absolute atomic E-state index is 13.4.